The van der Waals surface area contributed by atoms with Crippen molar-refractivity contribution in [2.24, 2.45) is 28.3 Å². The molecular weight excluding hydrogens is 528 g/mol. The summed E-state index contributed by atoms with van der Waals surface area (Å²) in [6.45, 7) is -3.03. The smallest absolute Gasteiger partial charge is 0.387 e. The number of carbonyl (C=O) groups is 1. The number of rotatable bonds is 12. The number of carbonyl (C=O) groups excluding carboxylic acids is 1. The van der Waals surface area contributed by atoms with Crippen LogP contribution in [-0.4, -0.2) is 34.9 Å². The molecule has 0 saturated heterocycles. The molecule has 1 amide bonds. The third-order valence-corrected chi connectivity index (χ3v) is 5.55. The van der Waals surface area contributed by atoms with Gasteiger partial charge < -0.3 is 30.7 Å². The van der Waals surface area contributed by atoms with Crippen LogP contribution in [0.3, 0.4) is 0 Å². The van der Waals surface area contributed by atoms with Gasteiger partial charge in [0.25, 0.3) is 5.91 Å². The van der Waals surface area contributed by atoms with Gasteiger partial charge in [-0.25, -0.2) is 25.1 Å². The summed E-state index contributed by atoms with van der Waals surface area (Å²) in [7, 11) is 0. The summed E-state index contributed by atoms with van der Waals surface area (Å²) in [5, 5.41) is 5.93. The maximum absolute atomic E-state index is 14.5. The van der Waals surface area contributed by atoms with Gasteiger partial charge in [-0.2, -0.15) is 8.78 Å². The molecule has 0 aliphatic heterocycles. The Hall–Kier alpha value is -4.44. The normalized spacial score (nSPS) is 14.3. The van der Waals surface area contributed by atoms with Crippen molar-refractivity contribution >= 4 is 11.7 Å². The van der Waals surface area contributed by atoms with E-state index in [9.17, 15) is 22.4 Å². The number of ether oxygens (including phenoxy) is 2. The number of amidine groups is 1. The van der Waals surface area contributed by atoms with E-state index in [1.165, 1.54) is 18.2 Å². The molecule has 1 unspecified atom stereocenters. The average molecular weight is 552 g/mol. The van der Waals surface area contributed by atoms with Crippen LogP contribution in [0.25, 0.3) is 11.5 Å². The van der Waals surface area contributed by atoms with Crippen molar-refractivity contribution in [3.8, 4) is 23.0 Å². The van der Waals surface area contributed by atoms with E-state index in [2.05, 4.69) is 25.1 Å². The SMILES string of the molecule is NCc1oc(-c2ccc(OC(F)F)c(OCC3CC3)c2)nc1C(=O)NC(/C(N)=N/NN)c1ncc(F)cc1F. The maximum atomic E-state index is 14.5. The van der Waals surface area contributed by atoms with Gasteiger partial charge in [-0.3, -0.25) is 9.78 Å². The quantitative estimate of drug-likeness (QED) is 0.0731. The van der Waals surface area contributed by atoms with Crippen molar-refractivity contribution in [3.05, 3.63) is 59.2 Å². The van der Waals surface area contributed by atoms with Gasteiger partial charge in [0, 0.05) is 11.6 Å². The van der Waals surface area contributed by atoms with Gasteiger partial charge in [0.1, 0.15) is 29.2 Å². The van der Waals surface area contributed by atoms with Gasteiger partial charge in [-0.05, 0) is 37.0 Å². The van der Waals surface area contributed by atoms with Crippen LogP contribution in [0.15, 0.2) is 40.0 Å². The van der Waals surface area contributed by atoms with E-state index in [-0.39, 0.29) is 41.0 Å². The first-order valence-corrected chi connectivity index (χ1v) is 11.5. The Balaban J connectivity index is 1.64. The molecule has 8 N–H and O–H groups in total. The number of hydrazone groups is 1. The molecule has 39 heavy (non-hydrogen) atoms. The number of amides is 1. The molecule has 12 nitrogen and oxygen atoms in total. The van der Waals surface area contributed by atoms with E-state index in [4.69, 9.17) is 26.5 Å². The fourth-order valence-electron chi connectivity index (χ4n) is 3.49. The number of nitrogens with one attached hydrogen (secondary N) is 2. The van der Waals surface area contributed by atoms with Crippen LogP contribution in [0.2, 0.25) is 0 Å². The molecule has 16 heteroatoms. The van der Waals surface area contributed by atoms with Crippen molar-refractivity contribution in [2.75, 3.05) is 6.61 Å². The second-order valence-corrected chi connectivity index (χ2v) is 8.38. The fourth-order valence-corrected chi connectivity index (χ4v) is 3.49. The van der Waals surface area contributed by atoms with Gasteiger partial charge in [0.05, 0.1) is 19.3 Å². The Morgan fingerprint density at radius 3 is 2.64 bits per heavy atom. The molecule has 2 aromatic heterocycles. The first-order chi connectivity index (χ1) is 18.7. The lowest BCUT2D eigenvalue weighted by molar-refractivity contribution is -0.0515. The number of nitrogens with two attached hydrogens (primary N) is 3. The number of benzene rings is 1. The van der Waals surface area contributed by atoms with Gasteiger partial charge in [0.15, 0.2) is 23.0 Å². The molecule has 1 aliphatic carbocycles. The Labute approximate surface area is 218 Å². The van der Waals surface area contributed by atoms with Gasteiger partial charge in [-0.15, -0.1) is 5.10 Å². The molecule has 2 heterocycles. The van der Waals surface area contributed by atoms with Crippen LogP contribution in [0.1, 0.15) is 40.8 Å². The predicted octanol–water partition coefficient (Wildman–Crippen LogP) is 2.07. The number of oxazole rings is 1. The number of hydrogen-bond acceptors (Lipinski definition) is 10. The van der Waals surface area contributed by atoms with Crippen molar-refractivity contribution in [3.63, 3.8) is 0 Å². The molecule has 1 atom stereocenters. The van der Waals surface area contributed by atoms with Crippen molar-refractivity contribution < 1.29 is 36.2 Å². The van der Waals surface area contributed by atoms with E-state index in [1.54, 1.807) is 0 Å². The zero-order valence-electron chi connectivity index (χ0n) is 20.2. The third kappa shape index (κ3) is 6.71. The largest absolute Gasteiger partial charge is 0.489 e. The number of aromatic nitrogens is 2. The molecule has 1 fully saturated rings. The Morgan fingerprint density at radius 1 is 1.23 bits per heavy atom. The predicted molar refractivity (Wildman–Crippen MR) is 128 cm³/mol. The number of halogens is 4. The highest BCUT2D eigenvalue weighted by atomic mass is 19.3. The van der Waals surface area contributed by atoms with Crippen molar-refractivity contribution in [2.45, 2.75) is 32.0 Å². The molecule has 0 bridgehead atoms. The minimum Gasteiger partial charge on any atom is -0.489 e. The van der Waals surface area contributed by atoms with E-state index >= 15 is 0 Å². The van der Waals surface area contributed by atoms with Crippen molar-refractivity contribution in [1.82, 2.24) is 20.8 Å². The highest BCUT2D eigenvalue weighted by molar-refractivity contribution is 5.98. The van der Waals surface area contributed by atoms with Gasteiger partial charge >= 0.3 is 6.61 Å². The first-order valence-electron chi connectivity index (χ1n) is 11.5. The van der Waals surface area contributed by atoms with Crippen LogP contribution in [0.5, 0.6) is 11.5 Å². The average Bonchev–Trinajstić information content (AvgIpc) is 3.62. The number of pyridine rings is 1. The van der Waals surface area contributed by atoms with Gasteiger partial charge in [-0.1, -0.05) is 0 Å². The first kappa shape index (κ1) is 27.6. The van der Waals surface area contributed by atoms with Crippen LogP contribution >= 0.6 is 0 Å². The second kappa shape index (κ2) is 12.0. The molecule has 208 valence electrons. The monoisotopic (exact) mass is 552 g/mol. The minimum atomic E-state index is -3.07. The lowest BCUT2D eigenvalue weighted by Crippen LogP contribution is -2.40. The molecule has 1 aliphatic rings. The Morgan fingerprint density at radius 2 is 2.00 bits per heavy atom. The minimum absolute atomic E-state index is 0.0365. The van der Waals surface area contributed by atoms with Crippen LogP contribution in [0, 0.1) is 17.6 Å². The van der Waals surface area contributed by atoms with E-state index < -0.39 is 41.7 Å². The van der Waals surface area contributed by atoms with E-state index in [0.717, 1.165) is 19.0 Å². The summed E-state index contributed by atoms with van der Waals surface area (Å²) in [6.07, 6.45) is 2.67. The zero-order valence-corrected chi connectivity index (χ0v) is 20.2. The second-order valence-electron chi connectivity index (χ2n) is 8.38. The standard InChI is InChI=1S/C23H24F4N8O4/c24-12-6-13(25)17(31-8-12)19(20(29)34-35-30)32-21(36)18-16(7-28)38-22(33-18)11-3-4-14(39-23(26)27)15(5-11)37-9-10-1-2-10/h3-6,8,10,19,23,35H,1-2,7,9,28,30H2,(H2,29,34)(H,32,36). The summed E-state index contributed by atoms with van der Waals surface area (Å²) in [6, 6.07) is 3.08. The molecule has 3 aromatic rings. The van der Waals surface area contributed by atoms with Crippen LogP contribution < -0.4 is 37.6 Å². The third-order valence-electron chi connectivity index (χ3n) is 5.55. The van der Waals surface area contributed by atoms with Crippen molar-refractivity contribution in [1.29, 1.82) is 0 Å². The Kier molecular flexibility index (Phi) is 8.46. The maximum Gasteiger partial charge on any atom is 0.387 e. The fraction of sp³-hybridized carbons (Fsp3) is 0.304. The topological polar surface area (TPSA) is 189 Å². The summed E-state index contributed by atoms with van der Waals surface area (Å²) < 4.78 is 69.4. The van der Waals surface area contributed by atoms with E-state index in [1.807, 2.05) is 5.53 Å². The summed E-state index contributed by atoms with van der Waals surface area (Å²) >= 11 is 0. The molecule has 1 aromatic carbocycles. The van der Waals surface area contributed by atoms with Gasteiger partial charge in [0.2, 0.25) is 5.89 Å². The summed E-state index contributed by atoms with van der Waals surface area (Å²) in [5.41, 5.74) is 13.0. The van der Waals surface area contributed by atoms with Crippen LogP contribution in [0.4, 0.5) is 17.6 Å². The number of hydrazine groups is 1. The number of nitrogens with zero attached hydrogens (tertiary/aromatic N) is 3. The highest BCUT2D eigenvalue weighted by Gasteiger charge is 2.29. The number of alkyl halides is 2. The Bertz CT molecular complexity index is 1370. The molecule has 0 spiro atoms. The molecule has 0 radical (unpaired) electrons. The molecule has 4 rings (SSSR count). The van der Waals surface area contributed by atoms with E-state index in [0.29, 0.717) is 18.6 Å². The molecule has 1 saturated carbocycles. The summed E-state index contributed by atoms with van der Waals surface area (Å²) in [4.78, 5) is 21.0. The zero-order chi connectivity index (χ0) is 28.1. The van der Waals surface area contributed by atoms with Crippen LogP contribution in [-0.2, 0) is 6.54 Å². The summed E-state index contributed by atoms with van der Waals surface area (Å²) in [5.74, 6) is 1.79. The lowest BCUT2D eigenvalue weighted by atomic mass is 10.1. The lowest BCUT2D eigenvalue weighted by Gasteiger charge is -2.17. The number of hydrogen-bond donors (Lipinski definition) is 5. The highest BCUT2D eigenvalue weighted by Crippen LogP contribution is 2.36. The molecular formula is C23H24F4N8O4.